The molecule has 0 bridgehead atoms. The summed E-state index contributed by atoms with van der Waals surface area (Å²) in [5, 5.41) is 15.8. The van der Waals surface area contributed by atoms with Crippen molar-refractivity contribution >= 4 is 33.1 Å². The summed E-state index contributed by atoms with van der Waals surface area (Å²) in [6, 6.07) is 0. The van der Waals surface area contributed by atoms with Crippen LogP contribution in [0.1, 0.15) is 45.8 Å². The van der Waals surface area contributed by atoms with Crippen LogP contribution < -0.4 is 11.0 Å². The summed E-state index contributed by atoms with van der Waals surface area (Å²) in [7, 11) is 1.52. The summed E-state index contributed by atoms with van der Waals surface area (Å²) in [5.41, 5.74) is 2.61. The van der Waals surface area contributed by atoms with Crippen LogP contribution in [-0.4, -0.2) is 30.3 Å². The first kappa shape index (κ1) is 19.2. The molecule has 11 heteroatoms. The van der Waals surface area contributed by atoms with Crippen molar-refractivity contribution in [2.75, 3.05) is 5.43 Å². The Hall–Kier alpha value is -3.08. The zero-order chi connectivity index (χ0) is 21.0. The minimum atomic E-state index is -0.829. The highest BCUT2D eigenvalue weighted by atomic mass is 32.1. The Labute approximate surface area is 169 Å². The standard InChI is InChI=1S/C18H20N6O4S/c1-8-5-6-11-12(7-8)29-17-13(11)18(26)23(10(3)19-17)21-16(25)14-15(24(27)28)9(2)22(4)20-14/h8H,5-7H2,1-4H3,(H,21,25). The molecule has 1 N–H and O–H groups in total. The first-order valence-corrected chi connectivity index (χ1v) is 10.0. The summed E-state index contributed by atoms with van der Waals surface area (Å²) in [6.07, 6.45) is 2.72. The summed E-state index contributed by atoms with van der Waals surface area (Å²) < 4.78 is 2.32. The summed E-state index contributed by atoms with van der Waals surface area (Å²) in [4.78, 5) is 43.0. The van der Waals surface area contributed by atoms with Crippen LogP contribution in [0, 0.1) is 29.9 Å². The minimum absolute atomic E-state index is 0.249. The number of aromatic nitrogens is 4. The van der Waals surface area contributed by atoms with Gasteiger partial charge in [-0.15, -0.1) is 11.3 Å². The number of hydrogen-bond acceptors (Lipinski definition) is 7. The van der Waals surface area contributed by atoms with Crippen molar-refractivity contribution in [3.8, 4) is 0 Å². The number of carbonyl (C=O) groups excluding carboxylic acids is 1. The van der Waals surface area contributed by atoms with Crippen LogP contribution in [0.15, 0.2) is 4.79 Å². The minimum Gasteiger partial charge on any atom is -0.267 e. The second-order valence-corrected chi connectivity index (χ2v) is 8.52. The highest BCUT2D eigenvalue weighted by Crippen LogP contribution is 2.35. The molecule has 0 fully saturated rings. The molecule has 3 heterocycles. The Kier molecular flexibility index (Phi) is 4.49. The van der Waals surface area contributed by atoms with E-state index in [4.69, 9.17) is 0 Å². The summed E-state index contributed by atoms with van der Waals surface area (Å²) in [6.45, 7) is 5.30. The second kappa shape index (κ2) is 6.76. The molecule has 29 heavy (non-hydrogen) atoms. The van der Waals surface area contributed by atoms with E-state index < -0.39 is 10.8 Å². The monoisotopic (exact) mass is 416 g/mol. The Morgan fingerprint density at radius 3 is 2.79 bits per heavy atom. The predicted octanol–water partition coefficient (Wildman–Crippen LogP) is 2.23. The Bertz CT molecular complexity index is 1240. The molecular formula is C18H20N6O4S. The lowest BCUT2D eigenvalue weighted by Crippen LogP contribution is -2.36. The third kappa shape index (κ3) is 3.01. The first-order valence-electron chi connectivity index (χ1n) is 9.22. The van der Waals surface area contributed by atoms with Crippen LogP contribution >= 0.6 is 11.3 Å². The fraction of sp³-hybridized carbons (Fsp3) is 0.444. The molecule has 0 aliphatic heterocycles. The van der Waals surface area contributed by atoms with Crippen LogP contribution in [-0.2, 0) is 19.9 Å². The number of nitro groups is 1. The van der Waals surface area contributed by atoms with Crippen LogP contribution in [0.25, 0.3) is 10.2 Å². The van der Waals surface area contributed by atoms with Crippen LogP contribution in [0.2, 0.25) is 0 Å². The van der Waals surface area contributed by atoms with E-state index in [-0.39, 0.29) is 22.6 Å². The van der Waals surface area contributed by atoms with Crippen molar-refractivity contribution in [3.05, 3.63) is 48.1 Å². The summed E-state index contributed by atoms with van der Waals surface area (Å²) in [5.74, 6) is 0.0359. The number of carbonyl (C=O) groups is 1. The maximum Gasteiger partial charge on any atom is 0.322 e. The van der Waals surface area contributed by atoms with E-state index in [0.717, 1.165) is 29.5 Å². The van der Waals surface area contributed by atoms with Gasteiger partial charge < -0.3 is 0 Å². The van der Waals surface area contributed by atoms with Crippen molar-refractivity contribution in [3.63, 3.8) is 0 Å². The molecule has 1 atom stereocenters. The maximum atomic E-state index is 13.2. The van der Waals surface area contributed by atoms with Crippen molar-refractivity contribution < 1.29 is 9.72 Å². The second-order valence-electron chi connectivity index (χ2n) is 7.44. The molecule has 1 aliphatic carbocycles. The van der Waals surface area contributed by atoms with Gasteiger partial charge in [0.1, 0.15) is 16.3 Å². The lowest BCUT2D eigenvalue weighted by atomic mass is 9.89. The lowest BCUT2D eigenvalue weighted by Gasteiger charge is -2.17. The van der Waals surface area contributed by atoms with Gasteiger partial charge in [0, 0.05) is 11.9 Å². The molecule has 10 nitrogen and oxygen atoms in total. The number of nitrogens with zero attached hydrogens (tertiary/aromatic N) is 5. The number of amides is 1. The van der Waals surface area contributed by atoms with Crippen molar-refractivity contribution in [1.29, 1.82) is 0 Å². The average Bonchev–Trinajstić information content (AvgIpc) is 3.15. The van der Waals surface area contributed by atoms with Crippen molar-refractivity contribution in [2.24, 2.45) is 13.0 Å². The van der Waals surface area contributed by atoms with E-state index in [1.54, 1.807) is 6.92 Å². The SMILES string of the molecule is Cc1c([N+](=O)[O-])c(C(=O)Nn2c(C)nc3sc4c(c3c2=O)CCC(C)C4)nn1C. The van der Waals surface area contributed by atoms with Gasteiger partial charge in [-0.3, -0.25) is 29.8 Å². The highest BCUT2D eigenvalue weighted by Gasteiger charge is 2.30. The molecule has 0 radical (unpaired) electrons. The van der Waals surface area contributed by atoms with Gasteiger partial charge in [-0.2, -0.15) is 5.10 Å². The zero-order valence-corrected chi connectivity index (χ0v) is 17.3. The molecule has 3 aromatic rings. The van der Waals surface area contributed by atoms with Gasteiger partial charge in [0.25, 0.3) is 11.5 Å². The molecule has 4 rings (SSSR count). The largest absolute Gasteiger partial charge is 0.322 e. The van der Waals surface area contributed by atoms with Gasteiger partial charge in [0.15, 0.2) is 0 Å². The van der Waals surface area contributed by atoms with Gasteiger partial charge in [-0.05, 0) is 44.6 Å². The molecule has 0 spiro atoms. The topological polar surface area (TPSA) is 125 Å². The average molecular weight is 416 g/mol. The molecule has 0 saturated heterocycles. The fourth-order valence-electron chi connectivity index (χ4n) is 3.75. The first-order chi connectivity index (χ1) is 13.7. The van der Waals surface area contributed by atoms with Gasteiger partial charge in [-0.25, -0.2) is 9.66 Å². The molecule has 0 aromatic carbocycles. The van der Waals surface area contributed by atoms with E-state index in [1.165, 1.54) is 34.9 Å². The van der Waals surface area contributed by atoms with Crippen LogP contribution in [0.5, 0.6) is 0 Å². The third-order valence-corrected chi connectivity index (χ3v) is 6.56. The lowest BCUT2D eigenvalue weighted by molar-refractivity contribution is -0.385. The van der Waals surface area contributed by atoms with Crippen LogP contribution in [0.4, 0.5) is 5.69 Å². The molecule has 152 valence electrons. The number of fused-ring (bicyclic) bond motifs is 3. The van der Waals surface area contributed by atoms with E-state index in [9.17, 15) is 19.7 Å². The van der Waals surface area contributed by atoms with E-state index in [0.29, 0.717) is 22.0 Å². The van der Waals surface area contributed by atoms with Crippen molar-refractivity contribution in [1.82, 2.24) is 19.4 Å². The molecule has 3 aromatic heterocycles. The van der Waals surface area contributed by atoms with E-state index in [1.807, 2.05) is 0 Å². The number of hydrogen-bond donors (Lipinski definition) is 1. The molecule has 0 saturated carbocycles. The fourth-order valence-corrected chi connectivity index (χ4v) is 5.16. The predicted molar refractivity (Wildman–Crippen MR) is 108 cm³/mol. The Balaban J connectivity index is 1.80. The number of aryl methyl sites for hydroxylation is 3. The van der Waals surface area contributed by atoms with E-state index in [2.05, 4.69) is 22.4 Å². The van der Waals surface area contributed by atoms with Gasteiger partial charge in [-0.1, -0.05) is 6.92 Å². The number of rotatable bonds is 3. The third-order valence-electron chi connectivity index (χ3n) is 5.41. The zero-order valence-electron chi connectivity index (χ0n) is 16.5. The Morgan fingerprint density at radius 1 is 1.38 bits per heavy atom. The Morgan fingerprint density at radius 2 is 2.10 bits per heavy atom. The molecular weight excluding hydrogens is 396 g/mol. The molecule has 1 amide bonds. The van der Waals surface area contributed by atoms with Crippen molar-refractivity contribution in [2.45, 2.75) is 40.0 Å². The quantitative estimate of drug-likeness (QED) is 0.515. The van der Waals surface area contributed by atoms with Crippen LogP contribution in [0.3, 0.4) is 0 Å². The smallest absolute Gasteiger partial charge is 0.267 e. The number of thiophene rings is 1. The van der Waals surface area contributed by atoms with Gasteiger partial charge in [0.05, 0.1) is 10.3 Å². The molecule has 1 aliphatic rings. The highest BCUT2D eigenvalue weighted by molar-refractivity contribution is 7.18. The normalized spacial score (nSPS) is 16.1. The van der Waals surface area contributed by atoms with Gasteiger partial charge >= 0.3 is 5.69 Å². The molecule has 1 unspecified atom stereocenters. The van der Waals surface area contributed by atoms with Gasteiger partial charge in [0.2, 0.25) is 5.69 Å². The maximum absolute atomic E-state index is 13.2. The van der Waals surface area contributed by atoms with E-state index >= 15 is 0 Å². The number of nitrogens with one attached hydrogen (secondary N) is 1. The summed E-state index contributed by atoms with van der Waals surface area (Å²) >= 11 is 1.53.